The fraction of sp³-hybridized carbons (Fsp3) is 0.348. The molecule has 4 nitrogen and oxygen atoms in total. The number of hydrogen-bond acceptors (Lipinski definition) is 3. The van der Waals surface area contributed by atoms with Crippen molar-refractivity contribution in [3.63, 3.8) is 0 Å². The summed E-state index contributed by atoms with van der Waals surface area (Å²) < 4.78 is 6.03. The van der Waals surface area contributed by atoms with Crippen LogP contribution in [0.5, 0.6) is 5.75 Å². The zero-order chi connectivity index (χ0) is 19.5. The van der Waals surface area contributed by atoms with Crippen LogP contribution in [0.15, 0.2) is 54.6 Å². The number of carbonyl (C=O) groups excluding carboxylic acids is 1. The maximum absolute atomic E-state index is 13.2. The number of amides is 1. The van der Waals surface area contributed by atoms with Crippen molar-refractivity contribution in [2.24, 2.45) is 0 Å². The smallest absolute Gasteiger partial charge is 0.254 e. The number of carbonyl (C=O) groups is 1. The van der Waals surface area contributed by atoms with E-state index in [2.05, 4.69) is 6.07 Å². The van der Waals surface area contributed by atoms with Gasteiger partial charge in [0.25, 0.3) is 5.91 Å². The minimum Gasteiger partial charge on any atom is -0.490 e. The Balaban J connectivity index is 1.40. The number of halogens is 1. The second-order valence-corrected chi connectivity index (χ2v) is 7.79. The van der Waals surface area contributed by atoms with Crippen LogP contribution in [0.4, 0.5) is 0 Å². The Bertz CT molecular complexity index is 870. The number of fused-ring (bicyclic) bond motifs is 1. The van der Waals surface area contributed by atoms with E-state index in [0.717, 1.165) is 35.3 Å². The molecule has 1 N–H and O–H groups in total. The first-order valence-electron chi connectivity index (χ1n) is 9.79. The van der Waals surface area contributed by atoms with Gasteiger partial charge in [-0.25, -0.2) is 0 Å². The summed E-state index contributed by atoms with van der Waals surface area (Å²) in [4.78, 5) is 15.1. The van der Waals surface area contributed by atoms with Gasteiger partial charge in [-0.3, -0.25) is 4.79 Å². The van der Waals surface area contributed by atoms with Gasteiger partial charge in [-0.15, -0.1) is 0 Å². The number of hydrogen-bond donors (Lipinski definition) is 1. The van der Waals surface area contributed by atoms with E-state index in [1.807, 2.05) is 53.4 Å². The average molecular weight is 398 g/mol. The maximum atomic E-state index is 13.2. The predicted molar refractivity (Wildman–Crippen MR) is 111 cm³/mol. The topological polar surface area (TPSA) is 49.8 Å². The Kier molecular flexibility index (Phi) is 5.69. The minimum atomic E-state index is 0.0813. The van der Waals surface area contributed by atoms with Gasteiger partial charge in [0.2, 0.25) is 0 Å². The van der Waals surface area contributed by atoms with Gasteiger partial charge >= 0.3 is 0 Å². The molecule has 0 saturated carbocycles. The summed E-state index contributed by atoms with van der Waals surface area (Å²) in [5, 5.41) is 10.0. The molecule has 1 heterocycles. The van der Waals surface area contributed by atoms with Crippen LogP contribution >= 0.6 is 11.6 Å². The Morgan fingerprint density at radius 2 is 1.82 bits per heavy atom. The predicted octanol–water partition coefficient (Wildman–Crippen LogP) is 4.27. The number of aliphatic hydroxyl groups excluding tert-OH is 1. The number of ether oxygens (including phenoxy) is 1. The summed E-state index contributed by atoms with van der Waals surface area (Å²) in [6.45, 7) is 1.48. The summed E-state index contributed by atoms with van der Waals surface area (Å²) in [7, 11) is 0. The molecule has 0 radical (unpaired) electrons. The molecule has 4 rings (SSSR count). The third kappa shape index (κ3) is 3.94. The van der Waals surface area contributed by atoms with Crippen molar-refractivity contribution in [1.82, 2.24) is 4.90 Å². The molecule has 0 aromatic heterocycles. The number of benzene rings is 2. The summed E-state index contributed by atoms with van der Waals surface area (Å²) in [5.74, 6) is 1.01. The van der Waals surface area contributed by atoms with Gasteiger partial charge in [-0.2, -0.15) is 0 Å². The van der Waals surface area contributed by atoms with Crippen LogP contribution < -0.4 is 4.74 Å². The monoisotopic (exact) mass is 397 g/mol. The van der Waals surface area contributed by atoms with Crippen LogP contribution in [0, 0.1) is 0 Å². The van der Waals surface area contributed by atoms with Crippen molar-refractivity contribution in [2.45, 2.75) is 31.3 Å². The van der Waals surface area contributed by atoms with E-state index < -0.39 is 0 Å². The van der Waals surface area contributed by atoms with Crippen molar-refractivity contribution >= 4 is 23.1 Å². The van der Waals surface area contributed by atoms with Gasteiger partial charge in [-0.1, -0.05) is 41.9 Å². The summed E-state index contributed by atoms with van der Waals surface area (Å²) in [6, 6.07) is 15.4. The van der Waals surface area contributed by atoms with Crippen LogP contribution in [-0.4, -0.2) is 41.7 Å². The quantitative estimate of drug-likeness (QED) is 0.819. The van der Waals surface area contributed by atoms with Crippen molar-refractivity contribution in [2.75, 3.05) is 19.7 Å². The molecule has 1 aliphatic carbocycles. The average Bonchev–Trinajstić information content (AvgIpc) is 3.09. The normalized spacial score (nSPS) is 19.3. The van der Waals surface area contributed by atoms with Gasteiger partial charge in [0.15, 0.2) is 0 Å². The molecule has 1 amide bonds. The first-order chi connectivity index (χ1) is 13.7. The zero-order valence-electron chi connectivity index (χ0n) is 15.7. The van der Waals surface area contributed by atoms with Crippen LogP contribution in [0.25, 0.3) is 5.57 Å². The van der Waals surface area contributed by atoms with E-state index in [1.54, 1.807) is 0 Å². The highest BCUT2D eigenvalue weighted by molar-refractivity contribution is 6.30. The number of nitrogens with zero attached hydrogens (tertiary/aromatic N) is 1. The van der Waals surface area contributed by atoms with Crippen molar-refractivity contribution in [1.29, 1.82) is 0 Å². The van der Waals surface area contributed by atoms with Crippen LogP contribution in [0.1, 0.15) is 36.3 Å². The molecule has 146 valence electrons. The first kappa shape index (κ1) is 19.0. The number of allylic oxidation sites excluding steroid dienone is 1. The zero-order valence-corrected chi connectivity index (χ0v) is 16.4. The Hall–Kier alpha value is -2.30. The maximum Gasteiger partial charge on any atom is 0.254 e. The fourth-order valence-electron chi connectivity index (χ4n) is 4.06. The van der Waals surface area contributed by atoms with E-state index in [1.165, 1.54) is 0 Å². The molecule has 2 aromatic carbocycles. The highest BCUT2D eigenvalue weighted by Crippen LogP contribution is 2.38. The van der Waals surface area contributed by atoms with Gasteiger partial charge in [0, 0.05) is 49.1 Å². The number of piperidine rings is 1. The van der Waals surface area contributed by atoms with E-state index in [9.17, 15) is 9.90 Å². The molecular formula is C23H24ClNO3. The standard InChI is InChI=1S/C23H24ClNO3/c24-17-5-7-18(8-6-17)28-19-9-12-25(13-10-19)23(27)22-15-16(11-14-26)20-3-1-2-4-21(20)22/h1-8,15-16,19,26H,9-14H2. The lowest BCUT2D eigenvalue weighted by atomic mass is 9.97. The third-order valence-electron chi connectivity index (χ3n) is 5.53. The van der Waals surface area contributed by atoms with E-state index in [4.69, 9.17) is 16.3 Å². The Morgan fingerprint density at radius 1 is 1.11 bits per heavy atom. The molecule has 2 aliphatic rings. The molecule has 5 heteroatoms. The molecule has 1 aliphatic heterocycles. The number of aliphatic hydroxyl groups is 1. The van der Waals surface area contributed by atoms with Gasteiger partial charge in [-0.05, 0) is 41.8 Å². The molecule has 2 aromatic rings. The van der Waals surface area contributed by atoms with Crippen molar-refractivity contribution < 1.29 is 14.6 Å². The lowest BCUT2D eigenvalue weighted by Crippen LogP contribution is -2.42. The highest BCUT2D eigenvalue weighted by Gasteiger charge is 2.31. The van der Waals surface area contributed by atoms with Gasteiger partial charge in [0.1, 0.15) is 11.9 Å². The van der Waals surface area contributed by atoms with Crippen molar-refractivity contribution in [3.8, 4) is 5.75 Å². The Labute approximate surface area is 170 Å². The lowest BCUT2D eigenvalue weighted by molar-refractivity contribution is -0.126. The van der Waals surface area contributed by atoms with Crippen LogP contribution in [0.2, 0.25) is 5.02 Å². The molecule has 1 atom stereocenters. The summed E-state index contributed by atoms with van der Waals surface area (Å²) >= 11 is 5.92. The first-order valence-corrected chi connectivity index (χ1v) is 10.2. The number of likely N-dealkylation sites (tertiary alicyclic amines) is 1. The minimum absolute atomic E-state index is 0.0813. The fourth-order valence-corrected chi connectivity index (χ4v) is 4.19. The molecule has 1 fully saturated rings. The highest BCUT2D eigenvalue weighted by atomic mass is 35.5. The second kappa shape index (κ2) is 8.38. The third-order valence-corrected chi connectivity index (χ3v) is 5.79. The lowest BCUT2D eigenvalue weighted by Gasteiger charge is -2.32. The van der Waals surface area contributed by atoms with Crippen LogP contribution in [-0.2, 0) is 4.79 Å². The van der Waals surface area contributed by atoms with Crippen LogP contribution in [0.3, 0.4) is 0 Å². The SMILES string of the molecule is O=C(C1=CC(CCO)c2ccccc21)N1CCC(Oc2ccc(Cl)cc2)CC1. The van der Waals surface area contributed by atoms with E-state index >= 15 is 0 Å². The van der Waals surface area contributed by atoms with E-state index in [0.29, 0.717) is 24.5 Å². The summed E-state index contributed by atoms with van der Waals surface area (Å²) in [5.41, 5.74) is 2.91. The Morgan fingerprint density at radius 3 is 2.54 bits per heavy atom. The number of rotatable bonds is 5. The molecule has 0 spiro atoms. The molecule has 28 heavy (non-hydrogen) atoms. The molecule has 1 unspecified atom stereocenters. The summed E-state index contributed by atoms with van der Waals surface area (Å²) in [6.07, 6.45) is 4.40. The molecule has 0 bridgehead atoms. The van der Waals surface area contributed by atoms with Gasteiger partial charge in [0.05, 0.1) is 0 Å². The second-order valence-electron chi connectivity index (χ2n) is 7.35. The molecule has 1 saturated heterocycles. The van der Waals surface area contributed by atoms with Crippen molar-refractivity contribution in [3.05, 3.63) is 70.8 Å². The van der Waals surface area contributed by atoms with Gasteiger partial charge < -0.3 is 14.7 Å². The largest absolute Gasteiger partial charge is 0.490 e. The van der Waals surface area contributed by atoms with E-state index in [-0.39, 0.29) is 24.5 Å². The molecular weight excluding hydrogens is 374 g/mol.